The fourth-order valence-corrected chi connectivity index (χ4v) is 3.97. The number of amides is 1. The van der Waals surface area contributed by atoms with Gasteiger partial charge in [-0.05, 0) is 36.4 Å². The Morgan fingerprint density at radius 3 is 2.67 bits per heavy atom. The molecule has 1 amide bonds. The van der Waals surface area contributed by atoms with E-state index in [4.69, 9.17) is 0 Å². The largest absolute Gasteiger partial charge is 0.351 e. The van der Waals surface area contributed by atoms with Crippen molar-refractivity contribution in [3.05, 3.63) is 66.1 Å². The van der Waals surface area contributed by atoms with Crippen molar-refractivity contribution in [2.45, 2.75) is 17.6 Å². The minimum Gasteiger partial charge on any atom is -0.351 e. The predicted octanol–water partition coefficient (Wildman–Crippen LogP) is 2.79. The number of sulfone groups is 1. The van der Waals surface area contributed by atoms with E-state index in [2.05, 4.69) is 10.3 Å². The van der Waals surface area contributed by atoms with Crippen LogP contribution in [0, 0.1) is 0 Å². The maximum atomic E-state index is 12.1. The molecule has 0 bridgehead atoms. The van der Waals surface area contributed by atoms with Crippen molar-refractivity contribution in [1.29, 1.82) is 0 Å². The highest BCUT2D eigenvalue weighted by atomic mass is 32.2. The summed E-state index contributed by atoms with van der Waals surface area (Å²) in [6, 6.07) is 13.2. The average Bonchev–Trinajstić information content (AvgIpc) is 3.09. The number of carbonyl (C=O) groups excluding carboxylic acids is 1. The molecule has 3 aromatic rings. The van der Waals surface area contributed by atoms with E-state index in [9.17, 15) is 13.2 Å². The van der Waals surface area contributed by atoms with Crippen molar-refractivity contribution >= 4 is 33.2 Å². The van der Waals surface area contributed by atoms with E-state index < -0.39 is 9.84 Å². The van der Waals surface area contributed by atoms with Gasteiger partial charge in [0.25, 0.3) is 5.91 Å². The van der Waals surface area contributed by atoms with Crippen LogP contribution in [0.1, 0.15) is 23.0 Å². The molecule has 0 saturated carbocycles. The quantitative estimate of drug-likeness (QED) is 0.585. The molecule has 8 heteroatoms. The number of hydrogen-bond donors (Lipinski definition) is 1. The van der Waals surface area contributed by atoms with Gasteiger partial charge in [-0.1, -0.05) is 13.0 Å². The van der Waals surface area contributed by atoms with E-state index in [1.165, 1.54) is 0 Å². The molecule has 0 saturated heterocycles. The molecule has 0 atom stereocenters. The summed E-state index contributed by atoms with van der Waals surface area (Å²) in [4.78, 5) is 17.7. The molecule has 0 radical (unpaired) electrons. The fraction of sp³-hybridized carbons (Fsp3) is 0.263. The number of imidazole rings is 1. The van der Waals surface area contributed by atoms with Gasteiger partial charge in [-0.2, -0.15) is 0 Å². The van der Waals surface area contributed by atoms with Crippen molar-refractivity contribution in [1.82, 2.24) is 14.7 Å². The van der Waals surface area contributed by atoms with Crippen LogP contribution in [0.25, 0.3) is 5.65 Å². The number of benzene rings is 1. The Bertz CT molecular complexity index is 995. The summed E-state index contributed by atoms with van der Waals surface area (Å²) in [6.45, 7) is 1.72. The first-order valence-corrected chi connectivity index (χ1v) is 11.4. The maximum absolute atomic E-state index is 12.1. The molecule has 6 nitrogen and oxygen atoms in total. The molecular weight excluding hydrogens is 382 g/mol. The molecule has 0 unspecified atom stereocenters. The highest BCUT2D eigenvalue weighted by Crippen LogP contribution is 2.23. The van der Waals surface area contributed by atoms with Crippen molar-refractivity contribution in [2.24, 2.45) is 0 Å². The van der Waals surface area contributed by atoms with Crippen LogP contribution in [-0.2, 0) is 15.6 Å². The van der Waals surface area contributed by atoms with Crippen LogP contribution in [0.4, 0.5) is 0 Å². The third-order valence-corrected chi connectivity index (χ3v) is 6.81. The van der Waals surface area contributed by atoms with Gasteiger partial charge in [0, 0.05) is 40.9 Å². The van der Waals surface area contributed by atoms with Crippen LogP contribution < -0.4 is 5.32 Å². The number of nitrogens with one attached hydrogen (secondary N) is 1. The third kappa shape index (κ3) is 5.33. The molecule has 0 aliphatic rings. The van der Waals surface area contributed by atoms with Gasteiger partial charge in [0.2, 0.25) is 0 Å². The minimum absolute atomic E-state index is 0.0395. The zero-order chi connectivity index (χ0) is 19.3. The lowest BCUT2D eigenvalue weighted by atomic mass is 10.2. The smallest absolute Gasteiger partial charge is 0.251 e. The van der Waals surface area contributed by atoms with Crippen LogP contribution in [-0.4, -0.2) is 41.8 Å². The normalized spacial score (nSPS) is 11.6. The molecular formula is C19H21N3O3S2. The lowest BCUT2D eigenvalue weighted by molar-refractivity contribution is 0.0956. The van der Waals surface area contributed by atoms with Gasteiger partial charge in [0.15, 0.2) is 9.84 Å². The number of carbonyl (C=O) groups is 1. The Kier molecular flexibility index (Phi) is 6.18. The van der Waals surface area contributed by atoms with E-state index in [-0.39, 0.29) is 24.0 Å². The topological polar surface area (TPSA) is 80.5 Å². The summed E-state index contributed by atoms with van der Waals surface area (Å²) < 4.78 is 24.9. The van der Waals surface area contributed by atoms with Gasteiger partial charge in [-0.25, -0.2) is 13.4 Å². The Morgan fingerprint density at radius 2 is 1.96 bits per heavy atom. The molecule has 142 valence electrons. The summed E-state index contributed by atoms with van der Waals surface area (Å²) in [6.07, 6.45) is 3.98. The number of aromatic nitrogens is 2. The first kappa shape index (κ1) is 19.4. The second kappa shape index (κ2) is 8.58. The van der Waals surface area contributed by atoms with E-state index in [1.807, 2.05) is 47.1 Å². The van der Waals surface area contributed by atoms with Crippen molar-refractivity contribution in [2.75, 3.05) is 18.1 Å². The molecule has 1 aromatic carbocycles. The molecule has 27 heavy (non-hydrogen) atoms. The highest BCUT2D eigenvalue weighted by Gasteiger charge is 2.10. The van der Waals surface area contributed by atoms with Crippen LogP contribution >= 0.6 is 11.8 Å². The second-order valence-corrected chi connectivity index (χ2v) is 9.53. The number of fused-ring (bicyclic) bond motifs is 1. The fourth-order valence-electron chi connectivity index (χ4n) is 2.48. The third-order valence-electron chi connectivity index (χ3n) is 4.06. The summed E-state index contributed by atoms with van der Waals surface area (Å²) in [5.41, 5.74) is 2.43. The first-order chi connectivity index (χ1) is 13.0. The Hall–Kier alpha value is -2.32. The average molecular weight is 404 g/mol. The Morgan fingerprint density at radius 1 is 1.19 bits per heavy atom. The molecule has 2 heterocycles. The molecule has 0 spiro atoms. The van der Waals surface area contributed by atoms with Crippen molar-refractivity contribution < 1.29 is 13.2 Å². The van der Waals surface area contributed by atoms with Crippen molar-refractivity contribution in [3.63, 3.8) is 0 Å². The van der Waals surface area contributed by atoms with Gasteiger partial charge >= 0.3 is 0 Å². The van der Waals surface area contributed by atoms with Crippen LogP contribution in [0.3, 0.4) is 0 Å². The maximum Gasteiger partial charge on any atom is 0.251 e. The molecule has 3 rings (SSSR count). The van der Waals surface area contributed by atoms with E-state index in [0.717, 1.165) is 22.0 Å². The summed E-state index contributed by atoms with van der Waals surface area (Å²) >= 11 is 1.65. The zero-order valence-corrected chi connectivity index (χ0v) is 16.6. The van der Waals surface area contributed by atoms with E-state index >= 15 is 0 Å². The molecule has 2 aromatic heterocycles. The predicted molar refractivity (Wildman–Crippen MR) is 108 cm³/mol. The minimum atomic E-state index is -3.07. The lowest BCUT2D eigenvalue weighted by Gasteiger charge is -2.06. The van der Waals surface area contributed by atoms with E-state index in [1.54, 1.807) is 30.8 Å². The number of pyridine rings is 1. The second-order valence-electron chi connectivity index (χ2n) is 6.00. The summed E-state index contributed by atoms with van der Waals surface area (Å²) in [7, 11) is -3.07. The monoisotopic (exact) mass is 403 g/mol. The number of hydrogen-bond acceptors (Lipinski definition) is 5. The van der Waals surface area contributed by atoms with Crippen LogP contribution in [0.2, 0.25) is 0 Å². The molecule has 0 fully saturated rings. The Labute approximate surface area is 162 Å². The SMILES string of the molecule is CCS(=O)(=O)CCNC(=O)c1ccc(SCc2cn3ccccc3n2)cc1. The van der Waals surface area contributed by atoms with Gasteiger partial charge in [-0.15, -0.1) is 11.8 Å². The van der Waals surface area contributed by atoms with Gasteiger partial charge in [0.1, 0.15) is 5.65 Å². The Balaban J connectivity index is 1.52. The van der Waals surface area contributed by atoms with Crippen molar-refractivity contribution in [3.8, 4) is 0 Å². The van der Waals surface area contributed by atoms with Crippen LogP contribution in [0.5, 0.6) is 0 Å². The van der Waals surface area contributed by atoms with Gasteiger partial charge < -0.3 is 9.72 Å². The number of nitrogens with zero attached hydrogens (tertiary/aromatic N) is 2. The molecule has 0 aliphatic heterocycles. The van der Waals surface area contributed by atoms with Crippen LogP contribution in [0.15, 0.2) is 59.8 Å². The van der Waals surface area contributed by atoms with Gasteiger partial charge in [-0.3, -0.25) is 4.79 Å². The highest BCUT2D eigenvalue weighted by molar-refractivity contribution is 7.98. The number of thioether (sulfide) groups is 1. The standard InChI is InChI=1S/C19H21N3O3S2/c1-2-27(24,25)12-10-20-19(23)15-6-8-17(9-7-15)26-14-16-13-22-11-4-3-5-18(22)21-16/h3-9,11,13H,2,10,12,14H2,1H3,(H,20,23). The first-order valence-electron chi connectivity index (χ1n) is 8.61. The number of rotatable bonds is 8. The van der Waals surface area contributed by atoms with Gasteiger partial charge in [0.05, 0.1) is 11.4 Å². The summed E-state index contributed by atoms with van der Waals surface area (Å²) in [5.74, 6) is 0.518. The molecule has 0 aliphatic carbocycles. The van der Waals surface area contributed by atoms with E-state index in [0.29, 0.717) is 5.56 Å². The summed E-state index contributed by atoms with van der Waals surface area (Å²) in [5, 5.41) is 2.64. The zero-order valence-electron chi connectivity index (χ0n) is 15.0. The lowest BCUT2D eigenvalue weighted by Crippen LogP contribution is -2.29. The molecule has 1 N–H and O–H groups in total.